The van der Waals surface area contributed by atoms with Gasteiger partial charge in [0, 0.05) is 19.6 Å². The van der Waals surface area contributed by atoms with Crippen LogP contribution in [0.5, 0.6) is 0 Å². The number of piperidine rings is 1. The van der Waals surface area contributed by atoms with E-state index in [0.29, 0.717) is 38.0 Å². The highest BCUT2D eigenvalue weighted by Crippen LogP contribution is 2.29. The molecule has 0 saturated carbocycles. The molecule has 4 rings (SSSR count). The summed E-state index contributed by atoms with van der Waals surface area (Å²) in [5.74, 6) is -0.788. The number of urea groups is 1. The van der Waals surface area contributed by atoms with E-state index >= 15 is 0 Å². The third-order valence-corrected chi connectivity index (χ3v) is 8.66. The van der Waals surface area contributed by atoms with Crippen LogP contribution in [-0.2, 0) is 25.2 Å². The molecule has 0 aliphatic carbocycles. The van der Waals surface area contributed by atoms with Crippen molar-refractivity contribution < 1.29 is 22.8 Å². The van der Waals surface area contributed by atoms with Crippen LogP contribution in [0.2, 0.25) is 0 Å². The summed E-state index contributed by atoms with van der Waals surface area (Å²) in [4.78, 5) is 39.2. The van der Waals surface area contributed by atoms with Crippen LogP contribution in [0.4, 0.5) is 4.79 Å². The lowest BCUT2D eigenvalue weighted by atomic mass is 9.91. The minimum Gasteiger partial charge on any atom is -0.354 e. The molecule has 1 atom stereocenters. The second-order valence-electron chi connectivity index (χ2n) is 9.28. The van der Waals surface area contributed by atoms with Gasteiger partial charge in [0.25, 0.3) is 5.91 Å². The first-order chi connectivity index (χ1) is 16.6. The van der Waals surface area contributed by atoms with Gasteiger partial charge in [-0.15, -0.1) is 0 Å². The van der Waals surface area contributed by atoms with Crippen LogP contribution < -0.4 is 10.6 Å². The van der Waals surface area contributed by atoms with Crippen LogP contribution >= 0.6 is 0 Å². The molecule has 2 fully saturated rings. The summed E-state index contributed by atoms with van der Waals surface area (Å²) >= 11 is 0. The first-order valence-corrected chi connectivity index (χ1v) is 13.1. The normalized spacial score (nSPS) is 21.7. The van der Waals surface area contributed by atoms with E-state index in [1.165, 1.54) is 4.31 Å². The van der Waals surface area contributed by atoms with Crippen molar-refractivity contribution in [3.05, 3.63) is 65.7 Å². The van der Waals surface area contributed by atoms with Crippen molar-refractivity contribution in [2.75, 3.05) is 26.2 Å². The Morgan fingerprint density at radius 3 is 2.31 bits per heavy atom. The van der Waals surface area contributed by atoms with Crippen LogP contribution in [0, 0.1) is 12.8 Å². The number of carbonyl (C=O) groups excluding carboxylic acids is 3. The number of carbonyl (C=O) groups is 3. The number of nitrogens with zero attached hydrogens (tertiary/aromatic N) is 2. The highest BCUT2D eigenvalue weighted by Gasteiger charge is 2.49. The van der Waals surface area contributed by atoms with E-state index in [1.54, 1.807) is 49.4 Å². The fourth-order valence-corrected chi connectivity index (χ4v) is 5.97. The van der Waals surface area contributed by atoms with E-state index in [1.807, 2.05) is 19.1 Å². The highest BCUT2D eigenvalue weighted by atomic mass is 32.2. The molecule has 0 spiro atoms. The maximum atomic E-state index is 13.0. The molecular weight excluding hydrogens is 468 g/mol. The van der Waals surface area contributed by atoms with Gasteiger partial charge in [-0.1, -0.05) is 48.0 Å². The largest absolute Gasteiger partial charge is 0.354 e. The molecule has 9 nitrogen and oxygen atoms in total. The zero-order chi connectivity index (χ0) is 25.2. The summed E-state index contributed by atoms with van der Waals surface area (Å²) in [5, 5.41) is 5.50. The molecule has 0 radical (unpaired) electrons. The van der Waals surface area contributed by atoms with Crippen molar-refractivity contribution >= 4 is 27.9 Å². The zero-order valence-electron chi connectivity index (χ0n) is 19.9. The van der Waals surface area contributed by atoms with Gasteiger partial charge in [0.2, 0.25) is 15.9 Å². The quantitative estimate of drug-likeness (QED) is 0.567. The van der Waals surface area contributed by atoms with Crippen molar-refractivity contribution in [1.82, 2.24) is 19.8 Å². The molecule has 1 unspecified atom stereocenters. The molecule has 10 heteroatoms. The molecule has 2 heterocycles. The number of nitrogens with one attached hydrogen (secondary N) is 2. The van der Waals surface area contributed by atoms with Gasteiger partial charge in [0.1, 0.15) is 12.1 Å². The van der Waals surface area contributed by atoms with E-state index in [0.717, 1.165) is 10.5 Å². The fourth-order valence-electron chi connectivity index (χ4n) is 4.48. The van der Waals surface area contributed by atoms with E-state index in [-0.39, 0.29) is 17.4 Å². The highest BCUT2D eigenvalue weighted by molar-refractivity contribution is 7.89. The average Bonchev–Trinajstić information content (AvgIpc) is 3.07. The van der Waals surface area contributed by atoms with E-state index in [4.69, 9.17) is 0 Å². The monoisotopic (exact) mass is 498 g/mol. The Morgan fingerprint density at radius 1 is 1.06 bits per heavy atom. The smallest absolute Gasteiger partial charge is 0.325 e. The predicted octanol–water partition coefficient (Wildman–Crippen LogP) is 1.98. The standard InChI is InChI=1S/C25H30N4O5S/c1-18-8-10-20(11-9-18)25(2)23(31)29(24(32)27-25)17-22(30)26-16-19-12-14-28(15-13-19)35(33,34)21-6-4-3-5-7-21/h3-11,19H,12-17H2,1-2H3,(H,26,30)(H,27,32). The molecule has 35 heavy (non-hydrogen) atoms. The number of hydrogen-bond acceptors (Lipinski definition) is 5. The van der Waals surface area contributed by atoms with Crippen molar-refractivity contribution in [2.45, 2.75) is 37.1 Å². The first kappa shape index (κ1) is 24.9. The summed E-state index contributed by atoms with van der Waals surface area (Å²) in [5.41, 5.74) is 0.470. The Morgan fingerprint density at radius 2 is 1.69 bits per heavy atom. The van der Waals surface area contributed by atoms with Crippen molar-refractivity contribution in [2.24, 2.45) is 5.92 Å². The molecule has 0 aromatic heterocycles. The van der Waals surface area contributed by atoms with Crippen molar-refractivity contribution in [3.63, 3.8) is 0 Å². The predicted molar refractivity (Wildman–Crippen MR) is 130 cm³/mol. The molecule has 2 N–H and O–H groups in total. The van der Waals surface area contributed by atoms with Crippen LogP contribution in [0.25, 0.3) is 0 Å². The number of hydrogen-bond donors (Lipinski definition) is 2. The van der Waals surface area contributed by atoms with Crippen LogP contribution in [0.15, 0.2) is 59.5 Å². The lowest BCUT2D eigenvalue weighted by Crippen LogP contribution is -2.45. The summed E-state index contributed by atoms with van der Waals surface area (Å²) in [7, 11) is -3.52. The minimum absolute atomic E-state index is 0.113. The third-order valence-electron chi connectivity index (χ3n) is 6.75. The van der Waals surface area contributed by atoms with Crippen LogP contribution in [0.3, 0.4) is 0 Å². The molecule has 2 saturated heterocycles. The third kappa shape index (κ3) is 5.08. The molecule has 2 aliphatic heterocycles. The van der Waals surface area contributed by atoms with E-state index in [2.05, 4.69) is 10.6 Å². The topological polar surface area (TPSA) is 116 Å². The maximum absolute atomic E-state index is 13.0. The maximum Gasteiger partial charge on any atom is 0.325 e. The van der Waals surface area contributed by atoms with Gasteiger partial charge in [-0.3, -0.25) is 14.5 Å². The minimum atomic E-state index is -3.52. The number of sulfonamides is 1. The Labute approximate surface area is 205 Å². The second-order valence-corrected chi connectivity index (χ2v) is 11.2. The molecule has 4 amide bonds. The summed E-state index contributed by atoms with van der Waals surface area (Å²) in [6.07, 6.45) is 1.22. The van der Waals surface area contributed by atoms with Gasteiger partial charge in [-0.2, -0.15) is 4.31 Å². The lowest BCUT2D eigenvalue weighted by Gasteiger charge is -2.31. The summed E-state index contributed by atoms with van der Waals surface area (Å²) in [6.45, 7) is 4.31. The Kier molecular flexibility index (Phi) is 6.95. The zero-order valence-corrected chi connectivity index (χ0v) is 20.7. The number of benzene rings is 2. The Bertz CT molecular complexity index is 1210. The molecule has 2 aliphatic rings. The first-order valence-electron chi connectivity index (χ1n) is 11.6. The van der Waals surface area contributed by atoms with Crippen LogP contribution in [-0.4, -0.2) is 61.6 Å². The molecular formula is C25H30N4O5S. The SMILES string of the molecule is Cc1ccc(C2(C)NC(=O)N(CC(=O)NCC3CCN(S(=O)(=O)c4ccccc4)CC3)C2=O)cc1. The lowest BCUT2D eigenvalue weighted by molar-refractivity contribution is -0.134. The van der Waals surface area contributed by atoms with Gasteiger partial charge in [0.15, 0.2) is 0 Å². The fraction of sp³-hybridized carbons (Fsp3) is 0.400. The molecule has 186 valence electrons. The number of aryl methyl sites for hydroxylation is 1. The van der Waals surface area contributed by atoms with E-state index < -0.39 is 33.4 Å². The van der Waals surface area contributed by atoms with Gasteiger partial charge < -0.3 is 10.6 Å². The molecule has 2 aromatic rings. The van der Waals surface area contributed by atoms with Gasteiger partial charge in [0.05, 0.1) is 4.90 Å². The van der Waals surface area contributed by atoms with Crippen molar-refractivity contribution in [1.29, 1.82) is 0 Å². The Balaban J connectivity index is 1.28. The van der Waals surface area contributed by atoms with Gasteiger partial charge in [-0.25, -0.2) is 13.2 Å². The van der Waals surface area contributed by atoms with Gasteiger partial charge >= 0.3 is 6.03 Å². The number of imide groups is 1. The number of amides is 4. The Hall–Kier alpha value is -3.24. The molecule has 2 aromatic carbocycles. The number of rotatable bonds is 7. The van der Waals surface area contributed by atoms with Crippen molar-refractivity contribution in [3.8, 4) is 0 Å². The van der Waals surface area contributed by atoms with Gasteiger partial charge in [-0.05, 0) is 50.3 Å². The average molecular weight is 499 g/mol. The summed E-state index contributed by atoms with van der Waals surface area (Å²) < 4.78 is 27.0. The summed E-state index contributed by atoms with van der Waals surface area (Å²) in [6, 6.07) is 15.1. The second kappa shape index (κ2) is 9.79. The van der Waals surface area contributed by atoms with E-state index in [9.17, 15) is 22.8 Å². The molecule has 0 bridgehead atoms. The van der Waals surface area contributed by atoms with Crippen LogP contribution in [0.1, 0.15) is 30.9 Å².